The normalized spacial score (nSPS) is 10.2. The monoisotopic (exact) mass is 414 g/mol. The summed E-state index contributed by atoms with van der Waals surface area (Å²) in [6.45, 7) is 3.08. The van der Waals surface area contributed by atoms with Crippen molar-refractivity contribution >= 4 is 23.5 Å². The summed E-state index contributed by atoms with van der Waals surface area (Å²) in [7, 11) is 4.29. The van der Waals surface area contributed by atoms with Gasteiger partial charge in [0.05, 0.1) is 20.8 Å². The first-order valence-electron chi connectivity index (χ1n) is 9.26. The Labute approximate surface area is 175 Å². The van der Waals surface area contributed by atoms with Gasteiger partial charge in [-0.2, -0.15) is 0 Å². The van der Waals surface area contributed by atoms with Gasteiger partial charge in [-0.3, -0.25) is 9.59 Å². The minimum Gasteiger partial charge on any atom is -0.496 e. The van der Waals surface area contributed by atoms with Gasteiger partial charge in [0.25, 0.3) is 5.91 Å². The lowest BCUT2D eigenvalue weighted by molar-refractivity contribution is -0.136. The largest absolute Gasteiger partial charge is 0.496 e. The van der Waals surface area contributed by atoms with Crippen molar-refractivity contribution in [2.75, 3.05) is 39.7 Å². The summed E-state index contributed by atoms with van der Waals surface area (Å²) < 4.78 is 15.4. The number of anilines is 1. The van der Waals surface area contributed by atoms with Crippen LogP contribution in [-0.4, -0.2) is 57.1 Å². The van der Waals surface area contributed by atoms with Crippen LogP contribution in [0.15, 0.2) is 36.4 Å². The number of benzene rings is 2. The molecule has 0 bridgehead atoms. The van der Waals surface area contributed by atoms with Gasteiger partial charge in [-0.05, 0) is 37.1 Å². The number of likely N-dealkylation sites (N-methyl/N-ethyl adjacent to an activating group) is 1. The molecule has 0 unspecified atom stereocenters. The molecule has 8 heteroatoms. The van der Waals surface area contributed by atoms with Crippen LogP contribution < -0.4 is 14.8 Å². The number of ether oxygens (including phenoxy) is 3. The average Bonchev–Trinajstić information content (AvgIpc) is 2.73. The number of hydrogen-bond acceptors (Lipinski definition) is 6. The maximum atomic E-state index is 12.4. The molecule has 8 nitrogen and oxygen atoms in total. The molecule has 1 N–H and O–H groups in total. The van der Waals surface area contributed by atoms with E-state index >= 15 is 0 Å². The first-order chi connectivity index (χ1) is 14.3. The van der Waals surface area contributed by atoms with Crippen LogP contribution in [-0.2, 0) is 14.3 Å². The summed E-state index contributed by atoms with van der Waals surface area (Å²) >= 11 is 0. The number of methoxy groups -OCH3 is 2. The predicted octanol–water partition coefficient (Wildman–Crippen LogP) is 2.57. The van der Waals surface area contributed by atoms with Gasteiger partial charge in [-0.15, -0.1) is 0 Å². The van der Waals surface area contributed by atoms with Gasteiger partial charge in [0, 0.05) is 12.7 Å². The van der Waals surface area contributed by atoms with E-state index in [0.29, 0.717) is 0 Å². The molecule has 0 saturated carbocycles. The average molecular weight is 414 g/mol. The van der Waals surface area contributed by atoms with E-state index in [9.17, 15) is 14.4 Å². The van der Waals surface area contributed by atoms with Crippen molar-refractivity contribution in [3.63, 3.8) is 0 Å². The molecule has 0 heterocycles. The lowest BCUT2D eigenvalue weighted by atomic mass is 10.1. The molecule has 0 aliphatic carbocycles. The molecule has 0 saturated heterocycles. The zero-order valence-corrected chi connectivity index (χ0v) is 17.8. The van der Waals surface area contributed by atoms with Crippen molar-refractivity contribution in [1.29, 1.82) is 0 Å². The first kappa shape index (κ1) is 22.7. The maximum Gasteiger partial charge on any atom is 0.346 e. The highest BCUT2D eigenvalue weighted by atomic mass is 16.5. The molecule has 2 aromatic carbocycles. The van der Waals surface area contributed by atoms with Gasteiger partial charge < -0.3 is 24.4 Å². The standard InChI is InChI=1S/C22H26N2O6/c1-14-8-6-9-15(2)21(14)23-18(25)12-24(3)19(26)13-30-22(27)20-16(28-4)10-7-11-17(20)29-5/h6-11H,12-13H2,1-5H3,(H,23,25). The molecule has 0 atom stereocenters. The number of para-hydroxylation sites is 1. The molecule has 2 amide bonds. The van der Waals surface area contributed by atoms with Crippen molar-refractivity contribution in [2.24, 2.45) is 0 Å². The molecule has 0 aromatic heterocycles. The first-order valence-corrected chi connectivity index (χ1v) is 9.26. The van der Waals surface area contributed by atoms with Crippen molar-refractivity contribution in [2.45, 2.75) is 13.8 Å². The number of carbonyl (C=O) groups is 3. The Hall–Kier alpha value is -3.55. The van der Waals surface area contributed by atoms with Crippen LogP contribution in [0.1, 0.15) is 21.5 Å². The van der Waals surface area contributed by atoms with Crippen molar-refractivity contribution in [1.82, 2.24) is 4.90 Å². The number of amides is 2. The van der Waals surface area contributed by atoms with Crippen LogP contribution in [0.25, 0.3) is 0 Å². The molecule has 2 rings (SSSR count). The Bertz CT molecular complexity index is 899. The predicted molar refractivity (Wildman–Crippen MR) is 112 cm³/mol. The van der Waals surface area contributed by atoms with Crippen LogP contribution in [0.5, 0.6) is 11.5 Å². The summed E-state index contributed by atoms with van der Waals surface area (Å²) in [6, 6.07) is 10.5. The smallest absolute Gasteiger partial charge is 0.346 e. The molecule has 0 aliphatic rings. The Morgan fingerprint density at radius 2 is 1.47 bits per heavy atom. The molecular weight excluding hydrogens is 388 g/mol. The van der Waals surface area contributed by atoms with E-state index in [4.69, 9.17) is 14.2 Å². The Balaban J connectivity index is 1.95. The van der Waals surface area contributed by atoms with E-state index < -0.39 is 18.5 Å². The van der Waals surface area contributed by atoms with Crippen molar-refractivity contribution in [3.8, 4) is 11.5 Å². The third-order valence-electron chi connectivity index (χ3n) is 4.51. The fourth-order valence-corrected chi connectivity index (χ4v) is 2.86. The SMILES string of the molecule is COc1cccc(OC)c1C(=O)OCC(=O)N(C)CC(=O)Nc1c(C)cccc1C. The molecule has 160 valence electrons. The van der Waals surface area contributed by atoms with Gasteiger partial charge in [-0.25, -0.2) is 4.79 Å². The highest BCUT2D eigenvalue weighted by molar-refractivity contribution is 5.98. The second kappa shape index (κ2) is 10.3. The lowest BCUT2D eigenvalue weighted by Gasteiger charge is -2.18. The van der Waals surface area contributed by atoms with Crippen molar-refractivity contribution < 1.29 is 28.6 Å². The van der Waals surface area contributed by atoms with Crippen LogP contribution in [0, 0.1) is 13.8 Å². The number of nitrogens with zero attached hydrogens (tertiary/aromatic N) is 1. The second-order valence-electron chi connectivity index (χ2n) is 6.68. The number of aryl methyl sites for hydroxylation is 2. The third kappa shape index (κ3) is 5.50. The summed E-state index contributed by atoms with van der Waals surface area (Å²) in [5.74, 6) is -1.08. The molecule has 0 aliphatic heterocycles. The Morgan fingerprint density at radius 1 is 0.933 bits per heavy atom. The van der Waals surface area contributed by atoms with Crippen LogP contribution >= 0.6 is 0 Å². The molecule has 0 spiro atoms. The summed E-state index contributed by atoms with van der Waals surface area (Å²) in [5, 5.41) is 2.81. The quantitative estimate of drug-likeness (QED) is 0.668. The van der Waals surface area contributed by atoms with E-state index in [1.807, 2.05) is 32.0 Å². The minimum atomic E-state index is -0.758. The molecule has 2 aromatic rings. The number of rotatable bonds is 8. The van der Waals surface area contributed by atoms with Crippen LogP contribution in [0.2, 0.25) is 0 Å². The fraction of sp³-hybridized carbons (Fsp3) is 0.318. The summed E-state index contributed by atoms with van der Waals surface area (Å²) in [4.78, 5) is 38.3. The van der Waals surface area contributed by atoms with E-state index in [2.05, 4.69) is 5.32 Å². The highest BCUT2D eigenvalue weighted by Gasteiger charge is 2.22. The van der Waals surface area contributed by atoms with Crippen LogP contribution in [0.4, 0.5) is 5.69 Å². The Morgan fingerprint density at radius 3 is 2.00 bits per heavy atom. The lowest BCUT2D eigenvalue weighted by Crippen LogP contribution is -2.37. The van der Waals surface area contributed by atoms with Gasteiger partial charge in [0.2, 0.25) is 5.91 Å². The second-order valence-corrected chi connectivity index (χ2v) is 6.68. The van der Waals surface area contributed by atoms with Gasteiger partial charge in [0.15, 0.2) is 6.61 Å². The third-order valence-corrected chi connectivity index (χ3v) is 4.51. The molecule has 0 radical (unpaired) electrons. The topological polar surface area (TPSA) is 94.2 Å². The van der Waals surface area contributed by atoms with E-state index in [-0.39, 0.29) is 29.5 Å². The van der Waals surface area contributed by atoms with Crippen LogP contribution in [0.3, 0.4) is 0 Å². The maximum absolute atomic E-state index is 12.4. The van der Waals surface area contributed by atoms with E-state index in [1.165, 1.54) is 26.2 Å². The molecule has 30 heavy (non-hydrogen) atoms. The summed E-state index contributed by atoms with van der Waals surface area (Å²) in [6.07, 6.45) is 0. The van der Waals surface area contributed by atoms with Crippen molar-refractivity contribution in [3.05, 3.63) is 53.1 Å². The highest BCUT2D eigenvalue weighted by Crippen LogP contribution is 2.28. The number of nitrogens with one attached hydrogen (secondary N) is 1. The summed E-state index contributed by atoms with van der Waals surface area (Å²) in [5.41, 5.74) is 2.66. The van der Waals surface area contributed by atoms with Gasteiger partial charge >= 0.3 is 5.97 Å². The zero-order chi connectivity index (χ0) is 22.3. The number of hydrogen-bond donors (Lipinski definition) is 1. The molecule has 0 fully saturated rings. The van der Waals surface area contributed by atoms with E-state index in [1.54, 1.807) is 18.2 Å². The molecular formula is C22H26N2O6. The number of carbonyl (C=O) groups excluding carboxylic acids is 3. The zero-order valence-electron chi connectivity index (χ0n) is 17.8. The van der Waals surface area contributed by atoms with E-state index in [0.717, 1.165) is 16.8 Å². The fourth-order valence-electron chi connectivity index (χ4n) is 2.86. The van der Waals surface area contributed by atoms with Gasteiger partial charge in [-0.1, -0.05) is 24.3 Å². The minimum absolute atomic E-state index is 0.0886. The van der Waals surface area contributed by atoms with Gasteiger partial charge in [0.1, 0.15) is 17.1 Å². The number of esters is 1. The Kier molecular flexibility index (Phi) is 7.80.